The van der Waals surface area contributed by atoms with Gasteiger partial charge in [0.1, 0.15) is 0 Å². The molecule has 0 aliphatic rings. The molecule has 0 saturated heterocycles. The lowest BCUT2D eigenvalue weighted by atomic mass is 9.86. The minimum Gasteiger partial charge on any atom is -0.386 e. The van der Waals surface area contributed by atoms with E-state index in [4.69, 9.17) is 0 Å². The summed E-state index contributed by atoms with van der Waals surface area (Å²) in [4.78, 5) is 4.66. The topological polar surface area (TPSA) is 37.0 Å². The smallest absolute Gasteiger partial charge is 0.0695 e. The van der Waals surface area contributed by atoms with Crippen molar-refractivity contribution >= 4 is 22.5 Å². The molecular weight excluding hydrogens is 378 g/mol. The van der Waals surface area contributed by atoms with Crippen LogP contribution in [0.3, 0.4) is 0 Å². The Labute approximate surface area is 188 Å². The molecule has 1 aromatic heterocycles. The minimum absolute atomic E-state index is 0.877. The molecule has 0 radical (unpaired) electrons. The molecule has 3 nitrogen and oxygen atoms in total. The quantitative estimate of drug-likeness (QED) is 0.410. The molecule has 0 unspecified atom stereocenters. The number of hydrogen-bond acceptors (Lipinski definition) is 3. The lowest BCUT2D eigenvalue weighted by Gasteiger charge is -2.23. The Morgan fingerprint density at radius 3 is 2.32 bits per heavy atom. The third kappa shape index (κ3) is 5.16. The van der Waals surface area contributed by atoms with E-state index in [1.54, 1.807) is 6.20 Å². The molecule has 0 bridgehead atoms. The van der Waals surface area contributed by atoms with E-state index in [9.17, 15) is 0 Å². The van der Waals surface area contributed by atoms with Gasteiger partial charge in [-0.15, -0.1) is 0 Å². The summed E-state index contributed by atoms with van der Waals surface area (Å²) in [5.74, 6) is 0. The third-order valence-electron chi connectivity index (χ3n) is 5.59. The Hall–Kier alpha value is -3.07. The number of nitrogens with zero attached hydrogens (tertiary/aromatic N) is 1. The van der Waals surface area contributed by atoms with Gasteiger partial charge in [-0.2, -0.15) is 0 Å². The summed E-state index contributed by atoms with van der Waals surface area (Å²) in [6.07, 6.45) is 5.47. The van der Waals surface area contributed by atoms with Gasteiger partial charge in [-0.1, -0.05) is 49.8 Å². The summed E-state index contributed by atoms with van der Waals surface area (Å²) in [6.45, 7) is 21.1. The summed E-state index contributed by atoms with van der Waals surface area (Å²) in [5, 5.41) is 6.77. The molecule has 0 amide bonds. The Morgan fingerprint density at radius 1 is 1.10 bits per heavy atom. The fourth-order valence-electron chi connectivity index (χ4n) is 4.10. The maximum absolute atomic E-state index is 4.66. The Morgan fingerprint density at radius 2 is 1.81 bits per heavy atom. The zero-order valence-electron chi connectivity index (χ0n) is 20.2. The first kappa shape index (κ1) is 24.2. The van der Waals surface area contributed by atoms with Gasteiger partial charge < -0.3 is 10.6 Å². The number of aromatic nitrogens is 1. The number of benzene rings is 1. The van der Waals surface area contributed by atoms with E-state index in [0.717, 1.165) is 41.0 Å². The van der Waals surface area contributed by atoms with Gasteiger partial charge >= 0.3 is 0 Å². The van der Waals surface area contributed by atoms with Crippen LogP contribution in [0.4, 0.5) is 11.4 Å². The SMILES string of the molecule is C=CNc1c(NC)cc(/C(C(=C)C)=C(\C)CC)cc1C(=C(C)C)c1cccnc1CC. The molecule has 2 aromatic rings. The zero-order chi connectivity index (χ0) is 23.1. The predicted molar refractivity (Wildman–Crippen MR) is 138 cm³/mol. The van der Waals surface area contributed by atoms with Crippen LogP contribution in [-0.4, -0.2) is 12.0 Å². The first-order chi connectivity index (χ1) is 14.8. The van der Waals surface area contributed by atoms with Crippen molar-refractivity contribution in [1.29, 1.82) is 0 Å². The van der Waals surface area contributed by atoms with E-state index < -0.39 is 0 Å². The summed E-state index contributed by atoms with van der Waals surface area (Å²) in [6, 6.07) is 8.67. The van der Waals surface area contributed by atoms with E-state index in [-0.39, 0.29) is 0 Å². The molecule has 0 aliphatic heterocycles. The second kappa shape index (κ2) is 10.8. The molecule has 2 rings (SSSR count). The standard InChI is InChI=1S/C28H37N3/c1-10-20(8)26(18(4)5)21-16-23(28(30-12-3)25(17-21)29-9)27(19(6)7)22-14-13-15-31-24(22)11-2/h12-17,29-30H,3-4,10-11H2,1-2,5-9H3/b26-20+. The summed E-state index contributed by atoms with van der Waals surface area (Å²) >= 11 is 0. The van der Waals surface area contributed by atoms with Crippen LogP contribution in [0.25, 0.3) is 11.1 Å². The zero-order valence-corrected chi connectivity index (χ0v) is 20.2. The highest BCUT2D eigenvalue weighted by atomic mass is 14.9. The molecule has 31 heavy (non-hydrogen) atoms. The Kier molecular flexibility index (Phi) is 8.44. The Bertz CT molecular complexity index is 1030. The van der Waals surface area contributed by atoms with Gasteiger partial charge in [-0.25, -0.2) is 0 Å². The van der Waals surface area contributed by atoms with Crippen molar-refractivity contribution in [2.45, 2.75) is 54.4 Å². The van der Waals surface area contributed by atoms with Gasteiger partial charge in [-0.05, 0) is 81.6 Å². The van der Waals surface area contributed by atoms with Gasteiger partial charge in [0, 0.05) is 30.1 Å². The number of aryl methyl sites for hydroxylation is 1. The lowest BCUT2D eigenvalue weighted by Crippen LogP contribution is -2.06. The highest BCUT2D eigenvalue weighted by Crippen LogP contribution is 2.41. The molecular formula is C28H37N3. The summed E-state index contributed by atoms with van der Waals surface area (Å²) < 4.78 is 0. The monoisotopic (exact) mass is 415 g/mol. The van der Waals surface area contributed by atoms with E-state index >= 15 is 0 Å². The minimum atomic E-state index is 0.877. The van der Waals surface area contributed by atoms with Crippen LogP contribution < -0.4 is 10.6 Å². The fourth-order valence-corrected chi connectivity index (χ4v) is 4.10. The van der Waals surface area contributed by atoms with Crippen molar-refractivity contribution in [3.63, 3.8) is 0 Å². The lowest BCUT2D eigenvalue weighted by molar-refractivity contribution is 1.02. The summed E-state index contributed by atoms with van der Waals surface area (Å²) in [5.41, 5.74) is 12.7. The molecule has 0 aliphatic carbocycles. The average molecular weight is 416 g/mol. The van der Waals surface area contributed by atoms with Gasteiger partial charge in [0.2, 0.25) is 0 Å². The van der Waals surface area contributed by atoms with E-state index in [1.807, 2.05) is 19.3 Å². The largest absolute Gasteiger partial charge is 0.386 e. The first-order valence-corrected chi connectivity index (χ1v) is 11.0. The summed E-state index contributed by atoms with van der Waals surface area (Å²) in [7, 11) is 1.96. The average Bonchev–Trinajstić information content (AvgIpc) is 2.75. The first-order valence-electron chi connectivity index (χ1n) is 11.0. The number of anilines is 2. The fraction of sp³-hybridized carbons (Fsp3) is 0.321. The van der Waals surface area contributed by atoms with Crippen LogP contribution in [-0.2, 0) is 6.42 Å². The molecule has 0 spiro atoms. The van der Waals surface area contributed by atoms with Gasteiger partial charge in [0.05, 0.1) is 11.4 Å². The molecule has 0 fully saturated rings. The van der Waals surface area contributed by atoms with E-state index in [2.05, 4.69) is 88.5 Å². The van der Waals surface area contributed by atoms with Crippen LogP contribution in [0.5, 0.6) is 0 Å². The van der Waals surface area contributed by atoms with Crippen molar-refractivity contribution in [1.82, 2.24) is 4.98 Å². The second-order valence-corrected chi connectivity index (χ2v) is 8.06. The number of pyridine rings is 1. The highest BCUT2D eigenvalue weighted by molar-refractivity contribution is 5.96. The van der Waals surface area contributed by atoms with Gasteiger partial charge in [0.15, 0.2) is 0 Å². The van der Waals surface area contributed by atoms with Crippen molar-refractivity contribution < 1.29 is 0 Å². The molecule has 164 valence electrons. The molecule has 3 heteroatoms. The van der Waals surface area contributed by atoms with Crippen LogP contribution in [0.2, 0.25) is 0 Å². The van der Waals surface area contributed by atoms with Crippen molar-refractivity contribution in [3.05, 3.63) is 88.9 Å². The predicted octanol–water partition coefficient (Wildman–Crippen LogP) is 7.84. The second-order valence-electron chi connectivity index (χ2n) is 8.06. The van der Waals surface area contributed by atoms with Crippen molar-refractivity contribution in [2.75, 3.05) is 17.7 Å². The van der Waals surface area contributed by atoms with Gasteiger partial charge in [0.25, 0.3) is 0 Å². The van der Waals surface area contributed by atoms with Crippen molar-refractivity contribution in [3.8, 4) is 0 Å². The number of hydrogen-bond donors (Lipinski definition) is 2. The van der Waals surface area contributed by atoms with Crippen LogP contribution in [0.1, 0.15) is 70.3 Å². The molecule has 0 saturated carbocycles. The third-order valence-corrected chi connectivity index (χ3v) is 5.59. The number of allylic oxidation sites excluding steroid dienone is 4. The van der Waals surface area contributed by atoms with Crippen LogP contribution in [0.15, 0.2) is 66.5 Å². The van der Waals surface area contributed by atoms with Crippen LogP contribution >= 0.6 is 0 Å². The van der Waals surface area contributed by atoms with E-state index in [1.165, 1.54) is 33.4 Å². The highest BCUT2D eigenvalue weighted by Gasteiger charge is 2.20. The number of nitrogens with one attached hydrogen (secondary N) is 2. The number of rotatable bonds is 9. The molecule has 0 atom stereocenters. The van der Waals surface area contributed by atoms with E-state index in [0.29, 0.717) is 0 Å². The molecule has 2 N–H and O–H groups in total. The van der Waals surface area contributed by atoms with Gasteiger partial charge in [-0.3, -0.25) is 4.98 Å². The van der Waals surface area contributed by atoms with Crippen molar-refractivity contribution in [2.24, 2.45) is 0 Å². The normalized spacial score (nSPS) is 11.5. The Balaban J connectivity index is 2.99. The molecule has 1 heterocycles. The van der Waals surface area contributed by atoms with Crippen LogP contribution in [0, 0.1) is 0 Å². The maximum atomic E-state index is 4.66. The maximum Gasteiger partial charge on any atom is 0.0695 e. The molecule has 1 aromatic carbocycles.